The van der Waals surface area contributed by atoms with Gasteiger partial charge in [-0.3, -0.25) is 9.78 Å². The first-order chi connectivity index (χ1) is 13.5. The van der Waals surface area contributed by atoms with Crippen LogP contribution < -0.4 is 5.32 Å². The predicted molar refractivity (Wildman–Crippen MR) is 105 cm³/mol. The summed E-state index contributed by atoms with van der Waals surface area (Å²) in [5.41, 5.74) is 1.59. The average molecular weight is 380 g/mol. The number of fused-ring (bicyclic) bond motifs is 1. The van der Waals surface area contributed by atoms with Crippen molar-refractivity contribution in [3.05, 3.63) is 77.5 Å². The van der Waals surface area contributed by atoms with Crippen LogP contribution in [0.2, 0.25) is 0 Å². The molecule has 0 saturated heterocycles. The van der Waals surface area contributed by atoms with Crippen molar-refractivity contribution in [1.82, 2.24) is 10.3 Å². The molecule has 3 aromatic rings. The highest BCUT2D eigenvalue weighted by atomic mass is 19.2. The predicted octanol–water partition coefficient (Wildman–Crippen LogP) is 5.19. The van der Waals surface area contributed by atoms with Gasteiger partial charge in [0.2, 0.25) is 0 Å². The molecule has 1 heterocycles. The zero-order valence-electron chi connectivity index (χ0n) is 15.6. The number of pyridine rings is 1. The van der Waals surface area contributed by atoms with Crippen molar-refractivity contribution in [3.63, 3.8) is 0 Å². The molecule has 3 nitrogen and oxygen atoms in total. The van der Waals surface area contributed by atoms with Crippen LogP contribution in [0.5, 0.6) is 0 Å². The normalized spacial score (nSPS) is 16.1. The molecule has 5 heteroatoms. The van der Waals surface area contributed by atoms with E-state index in [4.69, 9.17) is 0 Å². The van der Waals surface area contributed by atoms with E-state index in [9.17, 15) is 13.6 Å². The molecule has 1 aliphatic rings. The van der Waals surface area contributed by atoms with Crippen molar-refractivity contribution in [2.24, 2.45) is 0 Å². The minimum absolute atomic E-state index is 0.178. The largest absolute Gasteiger partial charge is 0.346 e. The third-order valence-corrected chi connectivity index (χ3v) is 5.57. The molecule has 0 unspecified atom stereocenters. The Labute approximate surface area is 162 Å². The second-order valence-electron chi connectivity index (χ2n) is 7.64. The van der Waals surface area contributed by atoms with Gasteiger partial charge in [0.15, 0.2) is 11.6 Å². The van der Waals surface area contributed by atoms with Crippen molar-refractivity contribution in [3.8, 4) is 0 Å². The van der Waals surface area contributed by atoms with Crippen LogP contribution in [0, 0.1) is 11.6 Å². The number of carbonyl (C=O) groups is 1. The zero-order chi connectivity index (χ0) is 19.6. The molecule has 1 amide bonds. The van der Waals surface area contributed by atoms with Crippen LogP contribution in [-0.2, 0) is 6.42 Å². The van der Waals surface area contributed by atoms with E-state index < -0.39 is 17.2 Å². The van der Waals surface area contributed by atoms with Gasteiger partial charge in [0.25, 0.3) is 5.91 Å². The number of nitrogens with zero attached hydrogens (tertiary/aromatic N) is 1. The van der Waals surface area contributed by atoms with Crippen molar-refractivity contribution in [1.29, 1.82) is 0 Å². The second-order valence-corrected chi connectivity index (χ2v) is 7.64. The lowest BCUT2D eigenvalue weighted by atomic mass is 9.77. The summed E-state index contributed by atoms with van der Waals surface area (Å²) in [6.07, 6.45) is 6.83. The van der Waals surface area contributed by atoms with Gasteiger partial charge in [-0.1, -0.05) is 43.5 Å². The average Bonchev–Trinajstić information content (AvgIpc) is 2.71. The lowest BCUT2D eigenvalue weighted by Gasteiger charge is -2.38. The molecule has 0 aliphatic heterocycles. The van der Waals surface area contributed by atoms with Gasteiger partial charge in [-0.15, -0.1) is 0 Å². The van der Waals surface area contributed by atoms with Gasteiger partial charge in [0.05, 0.1) is 11.1 Å². The fraction of sp³-hybridized carbons (Fsp3) is 0.304. The van der Waals surface area contributed by atoms with Gasteiger partial charge in [0.1, 0.15) is 0 Å². The maximum atomic E-state index is 13.7. The maximum Gasteiger partial charge on any atom is 0.253 e. The first-order valence-electron chi connectivity index (χ1n) is 9.66. The van der Waals surface area contributed by atoms with E-state index in [0.29, 0.717) is 17.5 Å². The Bertz CT molecular complexity index is 1010. The molecular formula is C23H22F2N2O. The number of amides is 1. The van der Waals surface area contributed by atoms with Crippen LogP contribution in [-0.4, -0.2) is 16.4 Å². The third-order valence-electron chi connectivity index (χ3n) is 5.57. The molecule has 1 saturated carbocycles. The van der Waals surface area contributed by atoms with Crippen molar-refractivity contribution in [2.45, 2.75) is 44.1 Å². The van der Waals surface area contributed by atoms with E-state index in [-0.39, 0.29) is 5.91 Å². The molecule has 0 radical (unpaired) electrons. The van der Waals surface area contributed by atoms with Crippen LogP contribution in [0.4, 0.5) is 8.78 Å². The number of aromatic nitrogens is 1. The lowest BCUT2D eigenvalue weighted by molar-refractivity contribution is 0.0868. The first kappa shape index (κ1) is 18.5. The Morgan fingerprint density at radius 1 is 1.00 bits per heavy atom. The molecule has 4 rings (SSSR count). The molecule has 1 N–H and O–H groups in total. The zero-order valence-corrected chi connectivity index (χ0v) is 15.6. The Morgan fingerprint density at radius 3 is 2.57 bits per heavy atom. The highest BCUT2D eigenvalue weighted by Crippen LogP contribution is 2.32. The maximum absolute atomic E-state index is 13.7. The SMILES string of the molecule is O=C(NC1(Cc2ccc(F)c(F)c2)CCCCC1)c1cnc2ccccc2c1. The van der Waals surface area contributed by atoms with Gasteiger partial charge in [-0.05, 0) is 49.1 Å². The molecule has 2 aromatic carbocycles. The summed E-state index contributed by atoms with van der Waals surface area (Å²) in [4.78, 5) is 17.4. The lowest BCUT2D eigenvalue weighted by Crippen LogP contribution is -2.51. The highest BCUT2D eigenvalue weighted by molar-refractivity contribution is 5.97. The number of hydrogen-bond donors (Lipinski definition) is 1. The Balaban J connectivity index is 1.59. The van der Waals surface area contributed by atoms with Gasteiger partial charge in [0, 0.05) is 17.1 Å². The molecule has 1 fully saturated rings. The number of halogens is 2. The summed E-state index contributed by atoms with van der Waals surface area (Å²) < 4.78 is 26.9. The molecule has 0 bridgehead atoms. The summed E-state index contributed by atoms with van der Waals surface area (Å²) in [6.45, 7) is 0. The Morgan fingerprint density at radius 2 is 1.79 bits per heavy atom. The van der Waals surface area contributed by atoms with Gasteiger partial charge in [-0.25, -0.2) is 8.78 Å². The van der Waals surface area contributed by atoms with E-state index in [2.05, 4.69) is 10.3 Å². The summed E-state index contributed by atoms with van der Waals surface area (Å²) in [7, 11) is 0. The molecular weight excluding hydrogens is 358 g/mol. The van der Waals surface area contributed by atoms with Gasteiger partial charge < -0.3 is 5.32 Å². The number of rotatable bonds is 4. The van der Waals surface area contributed by atoms with E-state index in [0.717, 1.165) is 49.1 Å². The fourth-order valence-corrected chi connectivity index (χ4v) is 4.12. The van der Waals surface area contributed by atoms with E-state index in [1.807, 2.05) is 30.3 Å². The minimum atomic E-state index is -0.854. The van der Waals surface area contributed by atoms with Crippen LogP contribution in [0.3, 0.4) is 0 Å². The number of benzene rings is 2. The molecule has 1 aromatic heterocycles. The van der Waals surface area contributed by atoms with E-state index in [1.54, 1.807) is 12.3 Å². The fourth-order valence-electron chi connectivity index (χ4n) is 4.12. The minimum Gasteiger partial charge on any atom is -0.346 e. The summed E-state index contributed by atoms with van der Waals surface area (Å²) in [6, 6.07) is 13.5. The van der Waals surface area contributed by atoms with E-state index in [1.165, 1.54) is 6.07 Å². The second kappa shape index (κ2) is 7.66. The number of hydrogen-bond acceptors (Lipinski definition) is 2. The smallest absolute Gasteiger partial charge is 0.253 e. The van der Waals surface area contributed by atoms with Crippen LogP contribution in [0.15, 0.2) is 54.7 Å². The van der Waals surface area contributed by atoms with Crippen molar-refractivity contribution in [2.75, 3.05) is 0 Å². The number of carbonyl (C=O) groups excluding carboxylic acids is 1. The summed E-state index contributed by atoms with van der Waals surface area (Å²) in [5, 5.41) is 4.11. The summed E-state index contributed by atoms with van der Waals surface area (Å²) >= 11 is 0. The van der Waals surface area contributed by atoms with Crippen LogP contribution in [0.25, 0.3) is 10.9 Å². The molecule has 0 atom stereocenters. The Kier molecular flexibility index (Phi) is 5.07. The monoisotopic (exact) mass is 380 g/mol. The van der Waals surface area contributed by atoms with Gasteiger partial charge >= 0.3 is 0 Å². The topological polar surface area (TPSA) is 42.0 Å². The first-order valence-corrected chi connectivity index (χ1v) is 9.66. The molecule has 1 aliphatic carbocycles. The number of para-hydroxylation sites is 1. The molecule has 144 valence electrons. The summed E-state index contributed by atoms with van der Waals surface area (Å²) in [5.74, 6) is -1.89. The van der Waals surface area contributed by atoms with Crippen molar-refractivity contribution >= 4 is 16.8 Å². The van der Waals surface area contributed by atoms with Gasteiger partial charge in [-0.2, -0.15) is 0 Å². The van der Waals surface area contributed by atoms with Crippen molar-refractivity contribution < 1.29 is 13.6 Å². The standard InChI is InChI=1S/C23H22F2N2O/c24-19-9-8-16(12-20(19)25)14-23(10-4-1-5-11-23)27-22(28)18-13-17-6-2-3-7-21(17)26-15-18/h2-3,6-9,12-13,15H,1,4-5,10-11,14H2,(H,27,28). The highest BCUT2D eigenvalue weighted by Gasteiger charge is 2.34. The third kappa shape index (κ3) is 3.88. The molecule has 28 heavy (non-hydrogen) atoms. The quantitative estimate of drug-likeness (QED) is 0.677. The Hall–Kier alpha value is -2.82. The number of nitrogens with one attached hydrogen (secondary N) is 1. The molecule has 0 spiro atoms. The van der Waals surface area contributed by atoms with Crippen LogP contribution >= 0.6 is 0 Å². The van der Waals surface area contributed by atoms with E-state index >= 15 is 0 Å². The van der Waals surface area contributed by atoms with Crippen LogP contribution in [0.1, 0.15) is 48.0 Å².